The lowest BCUT2D eigenvalue weighted by Gasteiger charge is -2.26. The van der Waals surface area contributed by atoms with E-state index >= 15 is 0 Å². The number of aliphatic hydroxyl groups excluding tert-OH is 1. The van der Waals surface area contributed by atoms with Crippen molar-refractivity contribution in [3.63, 3.8) is 0 Å². The van der Waals surface area contributed by atoms with Gasteiger partial charge in [0.15, 0.2) is 0 Å². The van der Waals surface area contributed by atoms with E-state index in [1.54, 1.807) is 0 Å². The predicted octanol–water partition coefficient (Wildman–Crippen LogP) is 1.72. The Bertz CT molecular complexity index is 160. The van der Waals surface area contributed by atoms with E-state index < -0.39 is 6.10 Å². The Labute approximate surface area is 80.4 Å². The summed E-state index contributed by atoms with van der Waals surface area (Å²) in [6.45, 7) is 9.95. The summed E-state index contributed by atoms with van der Waals surface area (Å²) in [6.07, 6.45) is -0.528. The fourth-order valence-electron chi connectivity index (χ4n) is 0.746. The van der Waals surface area contributed by atoms with E-state index in [0.717, 1.165) is 0 Å². The molecule has 0 aliphatic rings. The first-order valence-electron chi connectivity index (χ1n) is 4.24. The molecule has 0 aromatic carbocycles. The van der Waals surface area contributed by atoms with Crippen LogP contribution in [0.2, 0.25) is 0 Å². The highest BCUT2D eigenvalue weighted by atomic mass is 32.1. The van der Waals surface area contributed by atoms with Crippen LogP contribution in [0, 0.1) is 5.92 Å². The van der Waals surface area contributed by atoms with Crippen LogP contribution in [-0.4, -0.2) is 21.7 Å². The quantitative estimate of drug-likeness (QED) is 0.649. The first-order valence-corrected chi connectivity index (χ1v) is 4.65. The number of hydrogen-bond acceptors (Lipinski definition) is 2. The van der Waals surface area contributed by atoms with Gasteiger partial charge in [-0.1, -0.05) is 26.1 Å². The Kier molecular flexibility index (Phi) is 4.14. The molecule has 0 saturated carbocycles. The highest BCUT2D eigenvalue weighted by molar-refractivity contribution is 7.80. The zero-order chi connectivity index (χ0) is 9.94. The molecule has 0 aliphatic carbocycles. The van der Waals surface area contributed by atoms with Gasteiger partial charge in [0.2, 0.25) is 0 Å². The average molecular weight is 189 g/mol. The molecule has 2 N–H and O–H groups in total. The molecule has 0 bridgehead atoms. The summed E-state index contributed by atoms with van der Waals surface area (Å²) in [6, 6.07) is 0. The van der Waals surface area contributed by atoms with Gasteiger partial charge in [0.25, 0.3) is 0 Å². The molecule has 3 heteroatoms. The smallest absolute Gasteiger partial charge is 0.106 e. The molecule has 72 valence electrons. The minimum Gasteiger partial charge on any atom is -0.386 e. The van der Waals surface area contributed by atoms with Crippen molar-refractivity contribution in [1.82, 2.24) is 5.32 Å². The van der Waals surface area contributed by atoms with Crippen LogP contribution in [0.15, 0.2) is 0 Å². The maximum absolute atomic E-state index is 9.55. The van der Waals surface area contributed by atoms with Crippen LogP contribution in [0.1, 0.15) is 34.6 Å². The minimum atomic E-state index is -0.528. The summed E-state index contributed by atoms with van der Waals surface area (Å²) in [5, 5.41) is 12.6. The van der Waals surface area contributed by atoms with Gasteiger partial charge >= 0.3 is 0 Å². The summed E-state index contributed by atoms with van der Waals surface area (Å²) >= 11 is 5.04. The van der Waals surface area contributed by atoms with Gasteiger partial charge in [0, 0.05) is 5.54 Å². The van der Waals surface area contributed by atoms with Crippen molar-refractivity contribution in [1.29, 1.82) is 0 Å². The molecule has 0 rings (SSSR count). The molecule has 0 aromatic heterocycles. The van der Waals surface area contributed by atoms with Gasteiger partial charge in [0.1, 0.15) is 11.1 Å². The van der Waals surface area contributed by atoms with Crippen molar-refractivity contribution in [2.75, 3.05) is 0 Å². The number of nitrogens with one attached hydrogen (secondary N) is 1. The van der Waals surface area contributed by atoms with Crippen molar-refractivity contribution >= 4 is 17.2 Å². The standard InChI is InChI=1S/C9H19NOS/c1-6(2)7(11)8(12)10-9(3,4)5/h6-7,11H,1-5H3,(H,10,12). The molecule has 12 heavy (non-hydrogen) atoms. The number of thiocarbonyl (C=S) groups is 1. The number of aliphatic hydroxyl groups is 1. The third kappa shape index (κ3) is 4.67. The molecule has 0 spiro atoms. The molecule has 1 atom stereocenters. The van der Waals surface area contributed by atoms with Crippen molar-refractivity contribution in [3.8, 4) is 0 Å². The predicted molar refractivity (Wildman–Crippen MR) is 56.3 cm³/mol. The highest BCUT2D eigenvalue weighted by Crippen LogP contribution is 2.06. The maximum Gasteiger partial charge on any atom is 0.106 e. The first-order chi connectivity index (χ1) is 5.24. The van der Waals surface area contributed by atoms with Crippen LogP contribution < -0.4 is 5.32 Å². The number of rotatable bonds is 2. The zero-order valence-electron chi connectivity index (χ0n) is 8.51. The molecule has 0 saturated heterocycles. The van der Waals surface area contributed by atoms with Crippen molar-refractivity contribution < 1.29 is 5.11 Å². The van der Waals surface area contributed by atoms with Gasteiger partial charge < -0.3 is 10.4 Å². The summed E-state index contributed by atoms with van der Waals surface area (Å²) in [5.74, 6) is 0.173. The normalized spacial score (nSPS) is 14.6. The van der Waals surface area contributed by atoms with Crippen LogP contribution in [0.3, 0.4) is 0 Å². The maximum atomic E-state index is 9.55. The fourth-order valence-corrected chi connectivity index (χ4v) is 1.32. The molecule has 0 aliphatic heterocycles. The van der Waals surface area contributed by atoms with Crippen molar-refractivity contribution in [3.05, 3.63) is 0 Å². The molecular formula is C9H19NOS. The van der Waals surface area contributed by atoms with Crippen LogP contribution >= 0.6 is 12.2 Å². The first kappa shape index (κ1) is 11.8. The van der Waals surface area contributed by atoms with E-state index in [-0.39, 0.29) is 11.5 Å². The fraction of sp³-hybridized carbons (Fsp3) is 0.889. The van der Waals surface area contributed by atoms with Gasteiger partial charge in [0.05, 0.1) is 0 Å². The lowest BCUT2D eigenvalue weighted by atomic mass is 10.0. The van der Waals surface area contributed by atoms with Gasteiger partial charge in [-0.2, -0.15) is 0 Å². The largest absolute Gasteiger partial charge is 0.386 e. The minimum absolute atomic E-state index is 0.0625. The van der Waals surface area contributed by atoms with Gasteiger partial charge in [-0.05, 0) is 26.7 Å². The SMILES string of the molecule is CC(C)C(O)C(=S)NC(C)(C)C. The molecular weight excluding hydrogens is 170 g/mol. The third-order valence-electron chi connectivity index (χ3n) is 1.40. The van der Waals surface area contributed by atoms with Crippen LogP contribution in [0.4, 0.5) is 0 Å². The molecule has 1 unspecified atom stereocenters. The van der Waals surface area contributed by atoms with Gasteiger partial charge in [-0.15, -0.1) is 0 Å². The van der Waals surface area contributed by atoms with Gasteiger partial charge in [-0.3, -0.25) is 0 Å². The van der Waals surface area contributed by atoms with E-state index in [2.05, 4.69) is 5.32 Å². The van der Waals surface area contributed by atoms with E-state index in [0.29, 0.717) is 4.99 Å². The zero-order valence-corrected chi connectivity index (χ0v) is 9.33. The molecule has 2 nitrogen and oxygen atoms in total. The topological polar surface area (TPSA) is 32.3 Å². The van der Waals surface area contributed by atoms with Crippen molar-refractivity contribution in [2.24, 2.45) is 5.92 Å². The number of hydrogen-bond donors (Lipinski definition) is 2. The van der Waals surface area contributed by atoms with Crippen LogP contribution in [0.5, 0.6) is 0 Å². The average Bonchev–Trinajstić information content (AvgIpc) is 1.82. The Hall–Kier alpha value is -0.150. The molecule has 0 aromatic rings. The van der Waals surface area contributed by atoms with Gasteiger partial charge in [-0.25, -0.2) is 0 Å². The van der Waals surface area contributed by atoms with E-state index in [9.17, 15) is 5.11 Å². The Morgan fingerprint density at radius 3 is 2.00 bits per heavy atom. The summed E-state index contributed by atoms with van der Waals surface area (Å²) in [5.41, 5.74) is -0.0625. The second-order valence-electron chi connectivity index (χ2n) is 4.43. The lowest BCUT2D eigenvalue weighted by molar-refractivity contribution is 0.186. The molecule has 0 heterocycles. The Morgan fingerprint density at radius 1 is 1.33 bits per heavy atom. The summed E-state index contributed by atoms with van der Waals surface area (Å²) in [7, 11) is 0. The van der Waals surface area contributed by atoms with E-state index in [1.165, 1.54) is 0 Å². The molecule has 0 amide bonds. The second-order valence-corrected chi connectivity index (χ2v) is 4.87. The Morgan fingerprint density at radius 2 is 1.75 bits per heavy atom. The third-order valence-corrected chi connectivity index (χ3v) is 1.74. The molecule has 0 radical (unpaired) electrons. The molecule has 0 fully saturated rings. The lowest BCUT2D eigenvalue weighted by Crippen LogP contribution is -2.46. The second kappa shape index (κ2) is 4.19. The van der Waals surface area contributed by atoms with Crippen LogP contribution in [0.25, 0.3) is 0 Å². The van der Waals surface area contributed by atoms with Crippen LogP contribution in [-0.2, 0) is 0 Å². The monoisotopic (exact) mass is 189 g/mol. The highest BCUT2D eigenvalue weighted by Gasteiger charge is 2.19. The Balaban J connectivity index is 4.05. The van der Waals surface area contributed by atoms with E-state index in [1.807, 2.05) is 34.6 Å². The summed E-state index contributed by atoms with van der Waals surface area (Å²) < 4.78 is 0. The van der Waals surface area contributed by atoms with Crippen molar-refractivity contribution in [2.45, 2.75) is 46.3 Å². The van der Waals surface area contributed by atoms with E-state index in [4.69, 9.17) is 12.2 Å². The summed E-state index contributed by atoms with van der Waals surface area (Å²) in [4.78, 5) is 0.539.